The first-order chi connectivity index (χ1) is 18.6. The highest BCUT2D eigenvalue weighted by Crippen LogP contribution is 2.44. The molecule has 2 saturated carbocycles. The summed E-state index contributed by atoms with van der Waals surface area (Å²) in [6, 6.07) is 23.6. The van der Waals surface area contributed by atoms with E-state index in [1.165, 1.54) is 12.8 Å². The molecule has 3 aromatic carbocycles. The number of hydrogen-bond donors (Lipinski definition) is 3. The SMILES string of the molecule is O=C(Nc1ccc(-c2ccccc2)cc1)c1ccc(CO)c(NC(=O)C2(N3CCN(C4CC4)CC3)CC2)c1. The van der Waals surface area contributed by atoms with Gasteiger partial charge in [0.2, 0.25) is 5.91 Å². The van der Waals surface area contributed by atoms with Gasteiger partial charge in [-0.15, -0.1) is 0 Å². The Morgan fingerprint density at radius 2 is 1.53 bits per heavy atom. The molecule has 0 unspecified atom stereocenters. The van der Waals surface area contributed by atoms with Crippen molar-refractivity contribution in [1.82, 2.24) is 9.80 Å². The fourth-order valence-corrected chi connectivity index (χ4v) is 5.55. The largest absolute Gasteiger partial charge is 0.392 e. The average molecular weight is 511 g/mol. The van der Waals surface area contributed by atoms with Crippen LogP contribution in [0.3, 0.4) is 0 Å². The van der Waals surface area contributed by atoms with E-state index in [0.29, 0.717) is 22.5 Å². The van der Waals surface area contributed by atoms with E-state index in [-0.39, 0.29) is 18.4 Å². The van der Waals surface area contributed by atoms with E-state index < -0.39 is 5.54 Å². The molecule has 7 nitrogen and oxygen atoms in total. The Hall–Kier alpha value is -3.52. The molecular weight excluding hydrogens is 476 g/mol. The second-order valence-corrected chi connectivity index (χ2v) is 10.7. The summed E-state index contributed by atoms with van der Waals surface area (Å²) in [5, 5.41) is 15.9. The molecule has 6 rings (SSSR count). The van der Waals surface area contributed by atoms with Crippen LogP contribution in [0.1, 0.15) is 41.6 Å². The van der Waals surface area contributed by atoms with Crippen LogP contribution in [-0.4, -0.2) is 64.5 Å². The Morgan fingerprint density at radius 1 is 0.842 bits per heavy atom. The number of rotatable bonds is 8. The predicted molar refractivity (Wildman–Crippen MR) is 149 cm³/mol. The van der Waals surface area contributed by atoms with Gasteiger partial charge in [-0.3, -0.25) is 19.4 Å². The average Bonchev–Trinajstić information content (AvgIpc) is 3.88. The molecule has 196 valence electrons. The third-order valence-electron chi connectivity index (χ3n) is 8.17. The second-order valence-electron chi connectivity index (χ2n) is 10.7. The summed E-state index contributed by atoms with van der Waals surface area (Å²) < 4.78 is 0. The van der Waals surface area contributed by atoms with Crippen LogP contribution in [-0.2, 0) is 11.4 Å². The fraction of sp³-hybridized carbons (Fsp3) is 0.355. The summed E-state index contributed by atoms with van der Waals surface area (Å²) in [5.74, 6) is -0.309. The Kier molecular flexibility index (Phi) is 6.74. The molecule has 3 fully saturated rings. The molecule has 0 atom stereocenters. The Morgan fingerprint density at radius 3 is 2.16 bits per heavy atom. The smallest absolute Gasteiger partial charge is 0.255 e. The van der Waals surface area contributed by atoms with Gasteiger partial charge in [0.1, 0.15) is 5.54 Å². The summed E-state index contributed by atoms with van der Waals surface area (Å²) in [7, 11) is 0. The van der Waals surface area contributed by atoms with Gasteiger partial charge in [-0.1, -0.05) is 48.5 Å². The molecule has 0 radical (unpaired) electrons. The van der Waals surface area contributed by atoms with Crippen molar-refractivity contribution in [3.63, 3.8) is 0 Å². The number of hydrogen-bond acceptors (Lipinski definition) is 5. The van der Waals surface area contributed by atoms with Crippen molar-refractivity contribution < 1.29 is 14.7 Å². The van der Waals surface area contributed by atoms with Crippen LogP contribution >= 0.6 is 0 Å². The number of aliphatic hydroxyl groups is 1. The van der Waals surface area contributed by atoms with Crippen LogP contribution in [0.4, 0.5) is 11.4 Å². The van der Waals surface area contributed by atoms with Gasteiger partial charge < -0.3 is 15.7 Å². The molecule has 2 amide bonds. The van der Waals surface area contributed by atoms with Crippen molar-refractivity contribution in [2.75, 3.05) is 36.8 Å². The van der Waals surface area contributed by atoms with Gasteiger partial charge in [-0.05, 0) is 61.1 Å². The minimum absolute atomic E-state index is 0.0406. The van der Waals surface area contributed by atoms with Gasteiger partial charge >= 0.3 is 0 Å². The third kappa shape index (κ3) is 5.10. The maximum atomic E-state index is 13.5. The monoisotopic (exact) mass is 510 g/mol. The Balaban J connectivity index is 1.12. The van der Waals surface area contributed by atoms with E-state index in [2.05, 4.69) is 20.4 Å². The van der Waals surface area contributed by atoms with E-state index >= 15 is 0 Å². The standard InChI is InChI=1S/C31H34N4O3/c36-21-25-7-6-24(29(37)32-26-10-8-23(9-11-26)22-4-2-1-3-5-22)20-28(25)33-30(38)31(14-15-31)35-18-16-34(17-19-35)27-12-13-27/h1-11,20,27,36H,12-19,21H2,(H,32,37)(H,33,38). The van der Waals surface area contributed by atoms with Crippen molar-refractivity contribution in [2.45, 2.75) is 43.9 Å². The molecular formula is C31H34N4O3. The summed E-state index contributed by atoms with van der Waals surface area (Å²) in [6.45, 7) is 3.63. The van der Waals surface area contributed by atoms with Crippen molar-refractivity contribution in [3.8, 4) is 11.1 Å². The Labute approximate surface area is 223 Å². The van der Waals surface area contributed by atoms with Crippen LogP contribution in [0.2, 0.25) is 0 Å². The first-order valence-electron chi connectivity index (χ1n) is 13.6. The van der Waals surface area contributed by atoms with Crippen LogP contribution in [0.25, 0.3) is 11.1 Å². The van der Waals surface area contributed by atoms with E-state index in [1.807, 2.05) is 54.6 Å². The third-order valence-corrected chi connectivity index (χ3v) is 8.17. The van der Waals surface area contributed by atoms with E-state index in [9.17, 15) is 14.7 Å². The van der Waals surface area contributed by atoms with Crippen LogP contribution in [0, 0.1) is 0 Å². The zero-order valence-corrected chi connectivity index (χ0v) is 21.5. The quantitative estimate of drug-likeness (QED) is 0.420. The number of nitrogens with zero attached hydrogens (tertiary/aromatic N) is 2. The molecule has 0 aromatic heterocycles. The number of piperazine rings is 1. The van der Waals surface area contributed by atoms with Crippen LogP contribution in [0.15, 0.2) is 72.8 Å². The highest BCUT2D eigenvalue weighted by atomic mass is 16.3. The normalized spacial score (nSPS) is 19.1. The number of amides is 2. The lowest BCUT2D eigenvalue weighted by molar-refractivity contribution is -0.123. The lowest BCUT2D eigenvalue weighted by atomic mass is 10.1. The number of aliphatic hydroxyl groups excluding tert-OH is 1. The van der Waals surface area contributed by atoms with Gasteiger partial charge in [-0.2, -0.15) is 0 Å². The summed E-state index contributed by atoms with van der Waals surface area (Å²) in [4.78, 5) is 31.4. The molecule has 1 aliphatic heterocycles. The van der Waals surface area contributed by atoms with Gasteiger partial charge in [0.25, 0.3) is 5.91 Å². The molecule has 3 aliphatic rings. The Bertz CT molecular complexity index is 1310. The molecule has 3 aromatic rings. The first-order valence-corrected chi connectivity index (χ1v) is 13.6. The van der Waals surface area contributed by atoms with Crippen molar-refractivity contribution >= 4 is 23.2 Å². The number of carbonyl (C=O) groups is 2. The minimum atomic E-state index is -0.471. The fourth-order valence-electron chi connectivity index (χ4n) is 5.55. The maximum absolute atomic E-state index is 13.5. The molecule has 7 heteroatoms. The molecule has 3 N–H and O–H groups in total. The highest BCUT2D eigenvalue weighted by molar-refractivity contribution is 6.06. The summed E-state index contributed by atoms with van der Waals surface area (Å²) in [6.07, 6.45) is 4.29. The number of benzene rings is 3. The molecule has 0 spiro atoms. The van der Waals surface area contributed by atoms with E-state index in [0.717, 1.165) is 56.2 Å². The number of nitrogens with one attached hydrogen (secondary N) is 2. The minimum Gasteiger partial charge on any atom is -0.392 e. The van der Waals surface area contributed by atoms with Gasteiger partial charge in [0, 0.05) is 54.7 Å². The van der Waals surface area contributed by atoms with Gasteiger partial charge in [0.15, 0.2) is 0 Å². The predicted octanol–water partition coefficient (Wildman–Crippen LogP) is 4.35. The van der Waals surface area contributed by atoms with Crippen LogP contribution in [0.5, 0.6) is 0 Å². The molecule has 38 heavy (non-hydrogen) atoms. The second kappa shape index (κ2) is 10.3. The lowest BCUT2D eigenvalue weighted by Crippen LogP contribution is -2.55. The van der Waals surface area contributed by atoms with E-state index in [4.69, 9.17) is 0 Å². The highest BCUT2D eigenvalue weighted by Gasteiger charge is 2.55. The number of carbonyl (C=O) groups excluding carboxylic acids is 2. The maximum Gasteiger partial charge on any atom is 0.255 e. The lowest BCUT2D eigenvalue weighted by Gasteiger charge is -2.39. The van der Waals surface area contributed by atoms with Crippen molar-refractivity contribution in [3.05, 3.63) is 83.9 Å². The van der Waals surface area contributed by atoms with E-state index in [1.54, 1.807) is 18.2 Å². The molecule has 1 heterocycles. The topological polar surface area (TPSA) is 84.9 Å². The molecule has 0 bridgehead atoms. The summed E-state index contributed by atoms with van der Waals surface area (Å²) >= 11 is 0. The zero-order chi connectivity index (χ0) is 26.1. The molecule has 1 saturated heterocycles. The number of anilines is 2. The van der Waals surface area contributed by atoms with Gasteiger partial charge in [-0.25, -0.2) is 0 Å². The summed E-state index contributed by atoms with van der Waals surface area (Å²) in [5.41, 5.74) is 3.92. The van der Waals surface area contributed by atoms with Crippen molar-refractivity contribution in [1.29, 1.82) is 0 Å². The van der Waals surface area contributed by atoms with Crippen LogP contribution < -0.4 is 10.6 Å². The first kappa shape index (κ1) is 24.8. The zero-order valence-electron chi connectivity index (χ0n) is 21.5. The van der Waals surface area contributed by atoms with Crippen molar-refractivity contribution in [2.24, 2.45) is 0 Å². The molecule has 2 aliphatic carbocycles. The van der Waals surface area contributed by atoms with Gasteiger partial charge in [0.05, 0.1) is 6.61 Å².